The first kappa shape index (κ1) is 12.0. The fraction of sp³-hybridized carbons (Fsp3) is 0.0909. The van der Waals surface area contributed by atoms with Gasteiger partial charge in [-0.15, -0.1) is 0 Å². The van der Waals surface area contributed by atoms with E-state index < -0.39 is 11.6 Å². The Hall–Kier alpha value is -2.44. The molecule has 7 heteroatoms. The molecule has 0 saturated heterocycles. The number of benzene rings is 1. The van der Waals surface area contributed by atoms with E-state index in [9.17, 15) is 8.78 Å². The van der Waals surface area contributed by atoms with Crippen molar-refractivity contribution in [3.8, 4) is 5.75 Å². The van der Waals surface area contributed by atoms with Gasteiger partial charge < -0.3 is 15.8 Å². The van der Waals surface area contributed by atoms with E-state index in [1.807, 2.05) is 0 Å². The molecular formula is C11H10F2N4O. The Labute approximate surface area is 102 Å². The monoisotopic (exact) mass is 252 g/mol. The molecule has 3 N–H and O–H groups in total. The molecule has 0 fully saturated rings. The van der Waals surface area contributed by atoms with E-state index in [0.717, 1.165) is 12.1 Å². The van der Waals surface area contributed by atoms with E-state index in [-0.39, 0.29) is 17.4 Å². The highest BCUT2D eigenvalue weighted by Crippen LogP contribution is 2.29. The number of nitrogens with one attached hydrogen (secondary N) is 1. The number of nitrogen functional groups attached to an aromatic ring is 1. The van der Waals surface area contributed by atoms with E-state index in [1.54, 1.807) is 0 Å². The summed E-state index contributed by atoms with van der Waals surface area (Å²) in [4.78, 5) is 7.67. The molecule has 0 atom stereocenters. The molecule has 1 aromatic heterocycles. The normalized spacial score (nSPS) is 10.2. The quantitative estimate of drug-likeness (QED) is 0.875. The van der Waals surface area contributed by atoms with Gasteiger partial charge in [0.25, 0.3) is 0 Å². The number of halogens is 2. The molecule has 0 amide bonds. The Kier molecular flexibility index (Phi) is 3.22. The van der Waals surface area contributed by atoms with Gasteiger partial charge in [0.15, 0.2) is 23.3 Å². The summed E-state index contributed by atoms with van der Waals surface area (Å²) in [7, 11) is 1.41. The van der Waals surface area contributed by atoms with Crippen LogP contribution in [0.25, 0.3) is 0 Å². The number of rotatable bonds is 3. The van der Waals surface area contributed by atoms with Crippen molar-refractivity contribution in [1.29, 1.82) is 0 Å². The van der Waals surface area contributed by atoms with E-state index in [4.69, 9.17) is 10.5 Å². The molecule has 0 spiro atoms. The van der Waals surface area contributed by atoms with Crippen molar-refractivity contribution < 1.29 is 13.5 Å². The second kappa shape index (κ2) is 4.82. The second-order valence-electron chi connectivity index (χ2n) is 3.39. The molecule has 0 saturated carbocycles. The minimum Gasteiger partial charge on any atom is -0.490 e. The Bertz CT molecular complexity index is 577. The minimum atomic E-state index is -0.957. The predicted molar refractivity (Wildman–Crippen MR) is 62.6 cm³/mol. The number of hydrogen-bond donors (Lipinski definition) is 2. The Morgan fingerprint density at radius 1 is 1.22 bits per heavy atom. The third kappa shape index (κ3) is 2.29. The van der Waals surface area contributed by atoms with Gasteiger partial charge >= 0.3 is 0 Å². The summed E-state index contributed by atoms with van der Waals surface area (Å²) >= 11 is 0. The fourth-order valence-electron chi connectivity index (χ4n) is 1.39. The molecule has 0 aliphatic heterocycles. The van der Waals surface area contributed by atoms with Crippen LogP contribution in [0.3, 0.4) is 0 Å². The van der Waals surface area contributed by atoms with Crippen molar-refractivity contribution in [3.05, 3.63) is 36.2 Å². The van der Waals surface area contributed by atoms with E-state index in [0.29, 0.717) is 5.69 Å². The molecule has 2 rings (SSSR count). The van der Waals surface area contributed by atoms with Gasteiger partial charge in [-0.3, -0.25) is 0 Å². The van der Waals surface area contributed by atoms with Crippen LogP contribution in [-0.2, 0) is 0 Å². The lowest BCUT2D eigenvalue weighted by Gasteiger charge is -2.11. The van der Waals surface area contributed by atoms with Gasteiger partial charge in [0.05, 0.1) is 7.11 Å². The van der Waals surface area contributed by atoms with Crippen LogP contribution >= 0.6 is 0 Å². The number of ether oxygens (including phenoxy) is 1. The van der Waals surface area contributed by atoms with Crippen molar-refractivity contribution in [2.45, 2.75) is 0 Å². The van der Waals surface area contributed by atoms with Crippen molar-refractivity contribution in [3.63, 3.8) is 0 Å². The van der Waals surface area contributed by atoms with Gasteiger partial charge in [0.2, 0.25) is 5.75 Å². The molecular weight excluding hydrogens is 242 g/mol. The highest BCUT2D eigenvalue weighted by Gasteiger charge is 2.10. The maximum Gasteiger partial charge on any atom is 0.204 e. The lowest BCUT2D eigenvalue weighted by molar-refractivity contribution is 0.415. The summed E-state index contributed by atoms with van der Waals surface area (Å²) in [5.74, 6) is -1.22. The maximum absolute atomic E-state index is 13.0. The highest BCUT2D eigenvalue weighted by molar-refractivity contribution is 5.67. The van der Waals surface area contributed by atoms with Gasteiger partial charge in [-0.2, -0.15) is 0 Å². The average Bonchev–Trinajstić information content (AvgIpc) is 2.34. The molecule has 18 heavy (non-hydrogen) atoms. The molecule has 5 nitrogen and oxygen atoms in total. The zero-order valence-corrected chi connectivity index (χ0v) is 9.45. The molecule has 1 aromatic carbocycles. The Morgan fingerprint density at radius 3 is 2.67 bits per heavy atom. The summed E-state index contributed by atoms with van der Waals surface area (Å²) < 4.78 is 30.8. The number of nitrogens with two attached hydrogens (primary N) is 1. The minimum absolute atomic E-state index is 0.151. The zero-order valence-electron chi connectivity index (χ0n) is 9.45. The summed E-state index contributed by atoms with van der Waals surface area (Å²) in [5, 5.41) is 2.77. The molecule has 1 heterocycles. The van der Waals surface area contributed by atoms with Crippen molar-refractivity contribution >= 4 is 17.3 Å². The largest absolute Gasteiger partial charge is 0.490 e. The molecule has 0 aliphatic carbocycles. The van der Waals surface area contributed by atoms with Gasteiger partial charge in [0, 0.05) is 11.8 Å². The number of aromatic nitrogens is 2. The third-order valence-electron chi connectivity index (χ3n) is 2.22. The summed E-state index contributed by atoms with van der Waals surface area (Å²) in [6.45, 7) is 0. The number of nitrogens with zero attached hydrogens (tertiary/aromatic N) is 2. The first-order chi connectivity index (χ1) is 8.61. The number of hydrogen-bond acceptors (Lipinski definition) is 5. The lowest BCUT2D eigenvalue weighted by Crippen LogP contribution is -2.03. The maximum atomic E-state index is 13.0. The third-order valence-corrected chi connectivity index (χ3v) is 2.22. The van der Waals surface area contributed by atoms with Gasteiger partial charge in [-0.1, -0.05) is 0 Å². The smallest absolute Gasteiger partial charge is 0.204 e. The van der Waals surface area contributed by atoms with Crippen LogP contribution in [0.2, 0.25) is 0 Å². The summed E-state index contributed by atoms with van der Waals surface area (Å²) in [5.41, 5.74) is 5.91. The van der Waals surface area contributed by atoms with Gasteiger partial charge in [-0.05, 0) is 12.1 Å². The summed E-state index contributed by atoms with van der Waals surface area (Å²) in [6.07, 6.45) is 1.24. The Balaban J connectivity index is 2.34. The van der Waals surface area contributed by atoms with Crippen LogP contribution < -0.4 is 15.8 Å². The van der Waals surface area contributed by atoms with Crippen molar-refractivity contribution in [2.75, 3.05) is 18.2 Å². The van der Waals surface area contributed by atoms with Crippen LogP contribution in [0.4, 0.5) is 26.1 Å². The van der Waals surface area contributed by atoms with Gasteiger partial charge in [-0.25, -0.2) is 18.7 Å². The van der Waals surface area contributed by atoms with Gasteiger partial charge in [0.1, 0.15) is 6.33 Å². The highest BCUT2D eigenvalue weighted by atomic mass is 19.2. The Morgan fingerprint density at radius 2 is 2.00 bits per heavy atom. The van der Waals surface area contributed by atoms with E-state index in [1.165, 1.54) is 19.5 Å². The molecule has 2 aromatic rings. The van der Waals surface area contributed by atoms with Crippen LogP contribution in [0, 0.1) is 11.6 Å². The number of methoxy groups -OCH3 is 1. The zero-order chi connectivity index (χ0) is 13.1. The van der Waals surface area contributed by atoms with Crippen molar-refractivity contribution in [1.82, 2.24) is 9.97 Å². The van der Waals surface area contributed by atoms with Crippen molar-refractivity contribution in [2.24, 2.45) is 0 Å². The molecule has 94 valence electrons. The molecule has 0 aliphatic rings. The summed E-state index contributed by atoms with van der Waals surface area (Å²) in [6, 6.07) is 3.39. The molecule has 0 radical (unpaired) electrons. The first-order valence-electron chi connectivity index (χ1n) is 4.98. The first-order valence-corrected chi connectivity index (χ1v) is 4.98. The molecule has 0 unspecified atom stereocenters. The van der Waals surface area contributed by atoms with Crippen LogP contribution in [-0.4, -0.2) is 17.1 Å². The van der Waals surface area contributed by atoms with Crippen LogP contribution in [0.15, 0.2) is 24.5 Å². The topological polar surface area (TPSA) is 73.1 Å². The standard InChI is InChI=1S/C11H10F2N4O/c1-18-9-10(14)15-5-16-11(9)17-6-2-3-7(12)8(13)4-6/h2-5H,1H3,(H3,14,15,16,17). The van der Waals surface area contributed by atoms with E-state index >= 15 is 0 Å². The lowest BCUT2D eigenvalue weighted by atomic mass is 10.3. The van der Waals surface area contributed by atoms with Crippen LogP contribution in [0.5, 0.6) is 5.75 Å². The van der Waals surface area contributed by atoms with E-state index in [2.05, 4.69) is 15.3 Å². The number of anilines is 3. The predicted octanol–water partition coefficient (Wildman–Crippen LogP) is 2.09. The van der Waals surface area contributed by atoms with Crippen LogP contribution in [0.1, 0.15) is 0 Å². The second-order valence-corrected chi connectivity index (χ2v) is 3.39. The SMILES string of the molecule is COc1c(N)ncnc1Nc1ccc(F)c(F)c1. The fourth-order valence-corrected chi connectivity index (χ4v) is 1.39. The molecule has 0 bridgehead atoms. The average molecular weight is 252 g/mol.